The second-order valence-electron chi connectivity index (χ2n) is 6.98. The number of aromatic carboxylic acids is 1. The number of rotatable bonds is 2. The number of hydrogen-bond acceptors (Lipinski definition) is 4. The summed E-state index contributed by atoms with van der Waals surface area (Å²) in [6.07, 6.45) is 2.91. The van der Waals surface area contributed by atoms with Gasteiger partial charge in [-0.2, -0.15) is 0 Å². The molecule has 1 saturated heterocycles. The zero-order valence-electron chi connectivity index (χ0n) is 12.8. The van der Waals surface area contributed by atoms with Crippen molar-refractivity contribution in [2.75, 3.05) is 4.90 Å². The molecule has 5 rings (SSSR count). The maximum absolute atomic E-state index is 13.0. The van der Waals surface area contributed by atoms with Gasteiger partial charge in [0.15, 0.2) is 0 Å². The smallest absolute Gasteiger partial charge is 0.374 e. The summed E-state index contributed by atoms with van der Waals surface area (Å²) in [6.45, 7) is 0. The maximum Gasteiger partial charge on any atom is 0.374 e. The van der Waals surface area contributed by atoms with Crippen molar-refractivity contribution in [3.05, 3.63) is 30.0 Å². The number of anilines is 1. The Kier molecular flexibility index (Phi) is 2.56. The molecule has 122 valence electrons. The Labute approximate surface area is 137 Å². The van der Waals surface area contributed by atoms with Gasteiger partial charge in [-0.15, -0.1) is 0 Å². The van der Waals surface area contributed by atoms with Crippen molar-refractivity contribution in [2.24, 2.45) is 23.7 Å². The lowest BCUT2D eigenvalue weighted by atomic mass is 9.81. The first-order valence-corrected chi connectivity index (χ1v) is 8.20. The first-order valence-electron chi connectivity index (χ1n) is 8.20. The van der Waals surface area contributed by atoms with E-state index in [4.69, 9.17) is 4.42 Å². The molecule has 0 unspecified atom stereocenters. The first kappa shape index (κ1) is 13.8. The molecule has 0 radical (unpaired) electrons. The Hall–Kier alpha value is -2.63. The van der Waals surface area contributed by atoms with Gasteiger partial charge in [0.2, 0.25) is 17.6 Å². The van der Waals surface area contributed by atoms with Crippen molar-refractivity contribution in [3.63, 3.8) is 0 Å². The minimum atomic E-state index is -1.28. The molecule has 1 N–H and O–H groups in total. The van der Waals surface area contributed by atoms with Crippen molar-refractivity contribution >= 4 is 34.4 Å². The van der Waals surface area contributed by atoms with Crippen LogP contribution < -0.4 is 4.90 Å². The van der Waals surface area contributed by atoms with Crippen LogP contribution in [0.3, 0.4) is 0 Å². The van der Waals surface area contributed by atoms with E-state index >= 15 is 0 Å². The highest BCUT2D eigenvalue weighted by atomic mass is 16.4. The molecular formula is C18H15NO5. The van der Waals surface area contributed by atoms with Crippen LogP contribution in [0.2, 0.25) is 0 Å². The Bertz CT molecular complexity index is 885. The molecule has 24 heavy (non-hydrogen) atoms. The summed E-state index contributed by atoms with van der Waals surface area (Å²) in [5.41, 5.74) is 0.465. The van der Waals surface area contributed by atoms with Crippen LogP contribution in [0.15, 0.2) is 28.7 Å². The number of imide groups is 1. The minimum absolute atomic E-state index is 0.0990. The molecule has 2 saturated carbocycles. The standard InChI is InChI=1S/C18H15NO5/c20-16-12-8-5-6-9(7-8)13(12)17(21)19(16)14-10-3-1-2-4-11(10)24-15(14)18(22)23/h1-4,8-9,12-13H,5-7H2,(H,22,23)/t8-,9+,12-,13+. The molecule has 6 heteroatoms. The van der Waals surface area contributed by atoms with Crippen LogP contribution >= 0.6 is 0 Å². The quantitative estimate of drug-likeness (QED) is 0.858. The van der Waals surface area contributed by atoms with Gasteiger partial charge in [0.25, 0.3) is 0 Å². The van der Waals surface area contributed by atoms with Crippen LogP contribution in [-0.2, 0) is 9.59 Å². The first-order chi connectivity index (χ1) is 11.6. The second-order valence-corrected chi connectivity index (χ2v) is 6.98. The predicted octanol–water partition coefficient (Wildman–Crippen LogP) is 2.67. The highest BCUT2D eigenvalue weighted by Crippen LogP contribution is 2.57. The number of hydrogen-bond donors (Lipinski definition) is 1. The van der Waals surface area contributed by atoms with Crippen LogP contribution in [0.4, 0.5) is 5.69 Å². The number of benzene rings is 1. The molecule has 2 aliphatic carbocycles. The predicted molar refractivity (Wildman–Crippen MR) is 83.5 cm³/mol. The molecule has 2 amide bonds. The van der Waals surface area contributed by atoms with Crippen LogP contribution in [-0.4, -0.2) is 22.9 Å². The number of amides is 2. The fourth-order valence-corrected chi connectivity index (χ4v) is 5.03. The lowest BCUT2D eigenvalue weighted by molar-refractivity contribution is -0.123. The number of carboxylic acid groups (broad SMARTS) is 1. The van der Waals surface area contributed by atoms with Gasteiger partial charge in [-0.1, -0.05) is 12.1 Å². The summed E-state index contributed by atoms with van der Waals surface area (Å²) in [5.74, 6) is -2.19. The van der Waals surface area contributed by atoms with Crippen LogP contribution in [0.1, 0.15) is 29.8 Å². The van der Waals surface area contributed by atoms with Crippen molar-refractivity contribution in [2.45, 2.75) is 19.3 Å². The molecular weight excluding hydrogens is 310 g/mol. The fraction of sp³-hybridized carbons (Fsp3) is 0.389. The highest BCUT2D eigenvalue weighted by molar-refractivity contribution is 6.27. The normalized spacial score (nSPS) is 31.2. The van der Waals surface area contributed by atoms with Gasteiger partial charge in [-0.05, 0) is 43.2 Å². The summed E-state index contributed by atoms with van der Waals surface area (Å²) in [6, 6.07) is 6.79. The van der Waals surface area contributed by atoms with E-state index in [2.05, 4.69) is 0 Å². The van der Waals surface area contributed by atoms with Crippen LogP contribution in [0, 0.1) is 23.7 Å². The lowest BCUT2D eigenvalue weighted by Crippen LogP contribution is -2.33. The molecule has 1 aromatic heterocycles. The SMILES string of the molecule is O=C(O)c1oc2ccccc2c1N1C(=O)[C@@H]2[C@@H]3CC[C@@H](C3)[C@@H]2C1=O. The van der Waals surface area contributed by atoms with E-state index in [1.807, 2.05) is 0 Å². The highest BCUT2D eigenvalue weighted by Gasteiger charge is 2.61. The zero-order chi connectivity index (χ0) is 16.6. The summed E-state index contributed by atoms with van der Waals surface area (Å²) in [5, 5.41) is 9.97. The lowest BCUT2D eigenvalue weighted by Gasteiger charge is -2.19. The Balaban J connectivity index is 1.71. The average molecular weight is 325 g/mol. The van der Waals surface area contributed by atoms with Gasteiger partial charge in [0.05, 0.1) is 11.8 Å². The topological polar surface area (TPSA) is 87.8 Å². The fourth-order valence-electron chi connectivity index (χ4n) is 5.03. The molecule has 6 nitrogen and oxygen atoms in total. The summed E-state index contributed by atoms with van der Waals surface area (Å²) in [7, 11) is 0. The van der Waals surface area contributed by atoms with E-state index in [9.17, 15) is 19.5 Å². The average Bonchev–Trinajstić information content (AvgIpc) is 3.30. The minimum Gasteiger partial charge on any atom is -0.475 e. The van der Waals surface area contributed by atoms with E-state index < -0.39 is 5.97 Å². The van der Waals surface area contributed by atoms with Gasteiger partial charge >= 0.3 is 5.97 Å². The summed E-state index contributed by atoms with van der Waals surface area (Å²) >= 11 is 0. The van der Waals surface area contributed by atoms with E-state index in [0.717, 1.165) is 24.2 Å². The van der Waals surface area contributed by atoms with Gasteiger partial charge in [0, 0.05) is 5.39 Å². The number of carbonyl (C=O) groups excluding carboxylic acids is 2. The van der Waals surface area contributed by atoms with Gasteiger partial charge in [0.1, 0.15) is 11.3 Å². The van der Waals surface area contributed by atoms with E-state index in [1.165, 1.54) is 0 Å². The number of carbonyl (C=O) groups is 3. The zero-order valence-corrected chi connectivity index (χ0v) is 12.8. The Morgan fingerprint density at radius 1 is 1.08 bits per heavy atom. The number of carboxylic acids is 1. The van der Waals surface area contributed by atoms with Crippen LogP contribution in [0.5, 0.6) is 0 Å². The van der Waals surface area contributed by atoms with Gasteiger partial charge in [-0.3, -0.25) is 9.59 Å². The molecule has 1 aromatic carbocycles. The van der Waals surface area contributed by atoms with Crippen molar-refractivity contribution in [3.8, 4) is 0 Å². The van der Waals surface area contributed by atoms with Gasteiger partial charge < -0.3 is 9.52 Å². The number of fused-ring (bicyclic) bond motifs is 6. The Morgan fingerprint density at radius 3 is 2.33 bits per heavy atom. The van der Waals surface area contributed by atoms with Crippen molar-refractivity contribution in [1.82, 2.24) is 0 Å². The molecule has 3 aliphatic rings. The third-order valence-corrected chi connectivity index (χ3v) is 5.91. The van der Waals surface area contributed by atoms with Gasteiger partial charge in [-0.25, -0.2) is 9.69 Å². The van der Waals surface area contributed by atoms with E-state index in [1.54, 1.807) is 24.3 Å². The Morgan fingerprint density at radius 2 is 1.71 bits per heavy atom. The summed E-state index contributed by atoms with van der Waals surface area (Å²) < 4.78 is 5.42. The number of nitrogens with zero attached hydrogens (tertiary/aromatic N) is 1. The third-order valence-electron chi connectivity index (χ3n) is 5.91. The molecule has 4 atom stereocenters. The molecule has 2 aromatic rings. The summed E-state index contributed by atoms with van der Waals surface area (Å²) in [4.78, 5) is 38.6. The number of furan rings is 1. The second kappa shape index (κ2) is 4.47. The molecule has 2 heterocycles. The van der Waals surface area contributed by atoms with Crippen LogP contribution in [0.25, 0.3) is 11.0 Å². The monoisotopic (exact) mass is 325 g/mol. The van der Waals surface area contributed by atoms with E-state index in [-0.39, 0.29) is 46.9 Å². The molecule has 0 spiro atoms. The van der Waals surface area contributed by atoms with Crippen molar-refractivity contribution in [1.29, 1.82) is 0 Å². The molecule has 2 bridgehead atoms. The van der Waals surface area contributed by atoms with Crippen molar-refractivity contribution < 1.29 is 23.9 Å². The van der Waals surface area contributed by atoms with E-state index in [0.29, 0.717) is 11.0 Å². The third kappa shape index (κ3) is 1.53. The maximum atomic E-state index is 13.0. The molecule has 1 aliphatic heterocycles. The number of para-hydroxylation sites is 1. The largest absolute Gasteiger partial charge is 0.475 e. The molecule has 3 fully saturated rings.